The van der Waals surface area contributed by atoms with Crippen molar-refractivity contribution in [2.24, 2.45) is 0 Å². The Morgan fingerprint density at radius 1 is 1.24 bits per heavy atom. The van der Waals surface area contributed by atoms with Gasteiger partial charge in [0.25, 0.3) is 0 Å². The van der Waals surface area contributed by atoms with Gasteiger partial charge >= 0.3 is 0 Å². The van der Waals surface area contributed by atoms with E-state index in [4.69, 9.17) is 10.5 Å². The third-order valence-corrected chi connectivity index (χ3v) is 4.40. The van der Waals surface area contributed by atoms with Crippen molar-refractivity contribution in [2.75, 3.05) is 12.3 Å². The van der Waals surface area contributed by atoms with Gasteiger partial charge in [0.15, 0.2) is 6.23 Å². The van der Waals surface area contributed by atoms with Crippen molar-refractivity contribution in [3.63, 3.8) is 0 Å². The summed E-state index contributed by atoms with van der Waals surface area (Å²) in [7, 11) is 0. The Morgan fingerprint density at radius 2 is 2.08 bits per heavy atom. The number of rotatable bonds is 3. The van der Waals surface area contributed by atoms with E-state index in [1.807, 2.05) is 6.07 Å². The number of aliphatic hydroxyl groups excluding tert-OH is 3. The topological polar surface area (TPSA) is 140 Å². The lowest BCUT2D eigenvalue weighted by Crippen LogP contribution is -2.33. The molecule has 9 heteroatoms. The summed E-state index contributed by atoms with van der Waals surface area (Å²) >= 11 is 0. The first-order valence-electron chi connectivity index (χ1n) is 7.75. The number of nitrogens with two attached hydrogens (primary N) is 1. The molecule has 0 unspecified atom stereocenters. The van der Waals surface area contributed by atoms with E-state index in [-0.39, 0.29) is 5.82 Å². The summed E-state index contributed by atoms with van der Waals surface area (Å²) in [6.45, 7) is -0.402. The molecule has 0 aromatic carbocycles. The fraction of sp³-hybridized carbons (Fsp3) is 0.312. The lowest BCUT2D eigenvalue weighted by Gasteiger charge is -2.17. The average Bonchev–Trinajstić information content (AvgIpc) is 3.15. The summed E-state index contributed by atoms with van der Waals surface area (Å²) in [5, 5.41) is 30.3. The molecule has 3 aromatic heterocycles. The molecular weight excluding hydrogens is 326 g/mol. The third-order valence-electron chi connectivity index (χ3n) is 4.40. The zero-order chi connectivity index (χ0) is 17.6. The Bertz CT molecular complexity index is 900. The number of aliphatic hydroxyl groups is 3. The molecule has 3 aromatic rings. The molecule has 4 atom stereocenters. The molecule has 1 aliphatic rings. The van der Waals surface area contributed by atoms with E-state index in [2.05, 4.69) is 15.0 Å². The second-order valence-electron chi connectivity index (χ2n) is 5.88. The van der Waals surface area contributed by atoms with E-state index in [0.29, 0.717) is 11.0 Å². The fourth-order valence-electron chi connectivity index (χ4n) is 3.15. The van der Waals surface area contributed by atoms with E-state index < -0.39 is 31.1 Å². The van der Waals surface area contributed by atoms with Gasteiger partial charge in [-0.1, -0.05) is 6.07 Å². The summed E-state index contributed by atoms with van der Waals surface area (Å²) in [6.07, 6.45) is 2.19. The number of pyridine rings is 1. The number of aromatic nitrogens is 4. The van der Waals surface area contributed by atoms with Crippen LogP contribution in [-0.4, -0.2) is 59.8 Å². The summed E-state index contributed by atoms with van der Waals surface area (Å²) in [5.74, 6) is 0.286. The third kappa shape index (κ3) is 2.45. The quantitative estimate of drug-likeness (QED) is 0.508. The molecule has 4 rings (SSSR count). The van der Waals surface area contributed by atoms with Crippen LogP contribution in [0.5, 0.6) is 0 Å². The highest BCUT2D eigenvalue weighted by atomic mass is 16.6. The Labute approximate surface area is 142 Å². The van der Waals surface area contributed by atoms with Crippen molar-refractivity contribution in [1.82, 2.24) is 19.5 Å². The number of hydrogen-bond acceptors (Lipinski definition) is 8. The minimum atomic E-state index is -1.22. The number of nitrogens with zero attached hydrogens (tertiary/aromatic N) is 4. The molecule has 130 valence electrons. The molecule has 0 aliphatic carbocycles. The maximum atomic E-state index is 10.3. The summed E-state index contributed by atoms with van der Waals surface area (Å²) in [6, 6.07) is 3.67. The molecule has 25 heavy (non-hydrogen) atoms. The van der Waals surface area contributed by atoms with Crippen LogP contribution < -0.4 is 5.73 Å². The molecule has 1 saturated heterocycles. The van der Waals surface area contributed by atoms with Gasteiger partial charge in [-0.2, -0.15) is 0 Å². The van der Waals surface area contributed by atoms with Crippen LogP contribution in [0.3, 0.4) is 0 Å². The molecule has 5 N–H and O–H groups in total. The Hall–Kier alpha value is -2.59. The summed E-state index contributed by atoms with van der Waals surface area (Å²) < 4.78 is 7.21. The van der Waals surface area contributed by atoms with Crippen LogP contribution in [-0.2, 0) is 4.74 Å². The lowest BCUT2D eigenvalue weighted by molar-refractivity contribution is -0.0508. The fourth-order valence-corrected chi connectivity index (χ4v) is 3.15. The normalized spacial score (nSPS) is 26.4. The zero-order valence-electron chi connectivity index (χ0n) is 13.1. The molecule has 0 amide bonds. The van der Waals surface area contributed by atoms with Crippen molar-refractivity contribution in [2.45, 2.75) is 24.5 Å². The number of ether oxygens (including phenoxy) is 1. The van der Waals surface area contributed by atoms with Gasteiger partial charge in [-0.25, -0.2) is 9.97 Å². The first-order chi connectivity index (χ1) is 12.1. The van der Waals surface area contributed by atoms with Crippen LogP contribution in [0, 0.1) is 0 Å². The minimum absolute atomic E-state index is 0.286. The number of anilines is 1. The van der Waals surface area contributed by atoms with Crippen molar-refractivity contribution in [3.05, 3.63) is 37.1 Å². The van der Waals surface area contributed by atoms with Gasteiger partial charge in [0.05, 0.1) is 12.0 Å². The molecule has 0 spiro atoms. The number of nitrogen functional groups attached to an aromatic ring is 1. The Balaban J connectivity index is 1.90. The highest BCUT2D eigenvalue weighted by molar-refractivity contribution is 6.00. The van der Waals surface area contributed by atoms with Gasteiger partial charge in [-0.3, -0.25) is 4.98 Å². The van der Waals surface area contributed by atoms with E-state index in [0.717, 1.165) is 11.1 Å². The standard InChI is InChI=1S/C16H17N5O4/c17-14-11-9(8-2-1-3-18-4-8)5-21(15(11)20-7-19-14)16-13(24)12(23)10(6-22)25-16/h1-5,7,10,12-13,16,22-24H,6H2,(H2,17,19,20)/t10-,12-,13-,16-/m1/s1. The van der Waals surface area contributed by atoms with Crippen LogP contribution in [0.4, 0.5) is 5.82 Å². The first kappa shape index (κ1) is 15.9. The first-order valence-corrected chi connectivity index (χ1v) is 7.75. The molecule has 1 fully saturated rings. The highest BCUT2D eigenvalue weighted by Crippen LogP contribution is 2.37. The maximum Gasteiger partial charge on any atom is 0.164 e. The van der Waals surface area contributed by atoms with E-state index in [9.17, 15) is 15.3 Å². The van der Waals surface area contributed by atoms with Crippen molar-refractivity contribution >= 4 is 16.9 Å². The second-order valence-corrected chi connectivity index (χ2v) is 5.88. The Morgan fingerprint density at radius 3 is 2.76 bits per heavy atom. The molecule has 0 bridgehead atoms. The van der Waals surface area contributed by atoms with Crippen LogP contribution in [0.2, 0.25) is 0 Å². The highest BCUT2D eigenvalue weighted by Gasteiger charge is 2.44. The second kappa shape index (κ2) is 6.05. The van der Waals surface area contributed by atoms with Crippen molar-refractivity contribution in [3.8, 4) is 11.1 Å². The van der Waals surface area contributed by atoms with Crippen molar-refractivity contribution < 1.29 is 20.1 Å². The molecule has 4 heterocycles. The SMILES string of the molecule is Nc1ncnc2c1c(-c1cccnc1)cn2[C@@H]1O[C@H](CO)[C@@H](O)[C@H]1O. The van der Waals surface area contributed by atoms with Gasteiger partial charge in [0, 0.05) is 29.7 Å². The van der Waals surface area contributed by atoms with Gasteiger partial charge in [-0.15, -0.1) is 0 Å². The predicted octanol–water partition coefficient (Wildman–Crippen LogP) is -0.313. The molecule has 0 radical (unpaired) electrons. The minimum Gasteiger partial charge on any atom is -0.394 e. The van der Waals surface area contributed by atoms with Gasteiger partial charge in [-0.05, 0) is 6.07 Å². The lowest BCUT2D eigenvalue weighted by atomic mass is 10.1. The van der Waals surface area contributed by atoms with E-state index >= 15 is 0 Å². The maximum absolute atomic E-state index is 10.3. The van der Waals surface area contributed by atoms with E-state index in [1.165, 1.54) is 6.33 Å². The largest absolute Gasteiger partial charge is 0.394 e. The van der Waals surface area contributed by atoms with Crippen molar-refractivity contribution in [1.29, 1.82) is 0 Å². The van der Waals surface area contributed by atoms with Crippen LogP contribution in [0.15, 0.2) is 37.1 Å². The number of hydrogen-bond donors (Lipinski definition) is 4. The Kier molecular flexibility index (Phi) is 3.85. The molecule has 0 saturated carbocycles. The van der Waals surface area contributed by atoms with E-state index in [1.54, 1.807) is 29.2 Å². The molecule has 9 nitrogen and oxygen atoms in total. The van der Waals surface area contributed by atoms with Gasteiger partial charge < -0.3 is 30.4 Å². The van der Waals surface area contributed by atoms with Crippen LogP contribution in [0.1, 0.15) is 6.23 Å². The zero-order valence-corrected chi connectivity index (χ0v) is 13.1. The van der Waals surface area contributed by atoms with Gasteiger partial charge in [0.1, 0.15) is 36.1 Å². The summed E-state index contributed by atoms with van der Waals surface area (Å²) in [5.41, 5.74) is 8.04. The summed E-state index contributed by atoms with van der Waals surface area (Å²) in [4.78, 5) is 12.4. The van der Waals surface area contributed by atoms with Crippen LogP contribution >= 0.6 is 0 Å². The molecule has 1 aliphatic heterocycles. The average molecular weight is 343 g/mol. The van der Waals surface area contributed by atoms with Crippen LogP contribution in [0.25, 0.3) is 22.2 Å². The monoisotopic (exact) mass is 343 g/mol. The molecular formula is C16H17N5O4. The van der Waals surface area contributed by atoms with Gasteiger partial charge in [0.2, 0.25) is 0 Å². The predicted molar refractivity (Wildman–Crippen MR) is 88.2 cm³/mol. The number of fused-ring (bicyclic) bond motifs is 1. The smallest absolute Gasteiger partial charge is 0.164 e.